The lowest BCUT2D eigenvalue weighted by atomic mass is 10.0. The van der Waals surface area contributed by atoms with Gasteiger partial charge in [-0.2, -0.15) is 0 Å². The highest BCUT2D eigenvalue weighted by molar-refractivity contribution is 7.46. The SMILES string of the molecule is CC/C=C\C/C=C\C/C=C\C/C=C\C=C/C(O)C/C=C\CCC(=O)O[C@H](COC(=O)CCCCCCCCCC(C)C)COP(=O)(O)O. The minimum atomic E-state index is -4.80. The van der Waals surface area contributed by atoms with Gasteiger partial charge in [-0.3, -0.25) is 14.1 Å². The molecule has 0 aromatic heterocycles. The molecule has 0 aliphatic rings. The molecule has 9 nitrogen and oxygen atoms in total. The normalized spacial score (nSPS) is 14.1. The van der Waals surface area contributed by atoms with Gasteiger partial charge in [-0.1, -0.05) is 139 Å². The summed E-state index contributed by atoms with van der Waals surface area (Å²) in [6, 6.07) is 0. The van der Waals surface area contributed by atoms with Crippen LogP contribution in [0.5, 0.6) is 0 Å². The maximum absolute atomic E-state index is 12.3. The van der Waals surface area contributed by atoms with Crippen LogP contribution in [0.3, 0.4) is 0 Å². The van der Waals surface area contributed by atoms with Gasteiger partial charge in [0.05, 0.1) is 12.7 Å². The number of aliphatic hydroxyl groups is 1. The first kappa shape index (κ1) is 45.5. The van der Waals surface area contributed by atoms with E-state index in [9.17, 15) is 19.3 Å². The lowest BCUT2D eigenvalue weighted by molar-refractivity contribution is -0.161. The van der Waals surface area contributed by atoms with Crippen LogP contribution in [0.25, 0.3) is 0 Å². The quantitative estimate of drug-likeness (QED) is 0.0221. The molecule has 0 aliphatic heterocycles. The zero-order chi connectivity index (χ0) is 35.7. The Morgan fingerprint density at radius 1 is 0.708 bits per heavy atom. The number of ether oxygens (including phenoxy) is 2. The van der Waals surface area contributed by atoms with E-state index in [2.05, 4.69) is 61.8 Å². The van der Waals surface area contributed by atoms with Gasteiger partial charge in [0, 0.05) is 12.8 Å². The maximum atomic E-state index is 12.3. The molecule has 48 heavy (non-hydrogen) atoms. The van der Waals surface area contributed by atoms with Gasteiger partial charge in [0.2, 0.25) is 0 Å². The van der Waals surface area contributed by atoms with E-state index in [1.165, 1.54) is 25.7 Å². The van der Waals surface area contributed by atoms with Crippen molar-refractivity contribution in [2.45, 2.75) is 136 Å². The van der Waals surface area contributed by atoms with Gasteiger partial charge in [0.1, 0.15) is 6.61 Å². The minimum absolute atomic E-state index is 0.00220. The molecule has 0 bridgehead atoms. The number of allylic oxidation sites excluding steroid dienone is 10. The Hall–Kier alpha value is -2.55. The lowest BCUT2D eigenvalue weighted by Crippen LogP contribution is -2.29. The average molecular weight is 695 g/mol. The number of esters is 2. The number of aliphatic hydroxyl groups excluding tert-OH is 1. The van der Waals surface area contributed by atoms with Crippen LogP contribution in [0.2, 0.25) is 0 Å². The molecule has 10 heteroatoms. The molecule has 3 N–H and O–H groups in total. The molecule has 0 aromatic rings. The third-order valence-corrected chi connectivity index (χ3v) is 7.50. The Labute approximate surface area is 290 Å². The van der Waals surface area contributed by atoms with Crippen LogP contribution in [0, 0.1) is 5.92 Å². The summed E-state index contributed by atoms with van der Waals surface area (Å²) in [5.74, 6) is -0.336. The molecule has 0 heterocycles. The zero-order valence-corrected chi connectivity index (χ0v) is 30.5. The van der Waals surface area contributed by atoms with Crippen LogP contribution in [-0.2, 0) is 28.2 Å². The van der Waals surface area contributed by atoms with Crippen LogP contribution in [0.15, 0.2) is 72.9 Å². The van der Waals surface area contributed by atoms with E-state index in [1.807, 2.05) is 12.2 Å². The van der Waals surface area contributed by atoms with Crippen molar-refractivity contribution in [1.29, 1.82) is 0 Å². The fourth-order valence-corrected chi connectivity index (χ4v) is 4.73. The van der Waals surface area contributed by atoms with Crippen molar-refractivity contribution in [3.63, 3.8) is 0 Å². The highest BCUT2D eigenvalue weighted by Gasteiger charge is 2.22. The van der Waals surface area contributed by atoms with Crippen molar-refractivity contribution in [2.24, 2.45) is 5.92 Å². The van der Waals surface area contributed by atoms with E-state index in [0.29, 0.717) is 19.3 Å². The zero-order valence-electron chi connectivity index (χ0n) is 29.6. The van der Waals surface area contributed by atoms with Crippen molar-refractivity contribution < 1.29 is 43.0 Å². The Balaban J connectivity index is 4.28. The highest BCUT2D eigenvalue weighted by atomic mass is 31.2. The molecule has 0 aliphatic carbocycles. The molecule has 0 fully saturated rings. The van der Waals surface area contributed by atoms with Crippen molar-refractivity contribution in [2.75, 3.05) is 13.2 Å². The summed E-state index contributed by atoms with van der Waals surface area (Å²) < 4.78 is 26.1. The van der Waals surface area contributed by atoms with E-state index < -0.39 is 38.6 Å². The Morgan fingerprint density at radius 2 is 1.31 bits per heavy atom. The van der Waals surface area contributed by atoms with Crippen LogP contribution in [-0.4, -0.2) is 52.3 Å². The molecule has 274 valence electrons. The van der Waals surface area contributed by atoms with Crippen LogP contribution < -0.4 is 0 Å². The average Bonchev–Trinajstić information content (AvgIpc) is 3.03. The Kier molecular flexibility index (Phi) is 30.0. The van der Waals surface area contributed by atoms with E-state index in [-0.39, 0.29) is 19.4 Å². The topological polar surface area (TPSA) is 140 Å². The fourth-order valence-electron chi connectivity index (χ4n) is 4.37. The van der Waals surface area contributed by atoms with Gasteiger partial charge in [0.25, 0.3) is 0 Å². The van der Waals surface area contributed by atoms with Crippen LogP contribution in [0.4, 0.5) is 0 Å². The van der Waals surface area contributed by atoms with E-state index >= 15 is 0 Å². The number of hydrogen-bond acceptors (Lipinski definition) is 7. The summed E-state index contributed by atoms with van der Waals surface area (Å²) in [5, 5.41) is 10.1. The van der Waals surface area contributed by atoms with Gasteiger partial charge >= 0.3 is 19.8 Å². The van der Waals surface area contributed by atoms with E-state index in [1.54, 1.807) is 24.3 Å². The summed E-state index contributed by atoms with van der Waals surface area (Å²) in [4.78, 5) is 42.5. The first-order valence-corrected chi connectivity index (χ1v) is 19.2. The third-order valence-electron chi connectivity index (χ3n) is 7.01. The maximum Gasteiger partial charge on any atom is 0.469 e. The molecule has 2 atom stereocenters. The predicted octanol–water partition coefficient (Wildman–Crippen LogP) is 9.17. The molecular formula is C38H63O9P. The second-order valence-corrected chi connectivity index (χ2v) is 13.4. The fraction of sp³-hybridized carbons (Fsp3) is 0.632. The van der Waals surface area contributed by atoms with Crippen molar-refractivity contribution in [1.82, 2.24) is 0 Å². The van der Waals surface area contributed by atoms with Gasteiger partial charge in [-0.25, -0.2) is 4.57 Å². The standard InChI is InChI=1S/C38H63O9P/c1-4-5-6-7-8-9-10-11-12-13-16-19-23-28-35(39)29-24-21-26-31-38(41)47-36(33-46-48(42,43)44)32-45-37(40)30-25-20-17-14-15-18-22-27-34(2)3/h5-6,8-9,11-12,16,19,21,23-24,28,34-36,39H,4,7,10,13-15,17-18,20,22,25-27,29-33H2,1-3H3,(H2,42,43,44)/b6-5-,9-8-,12-11-,19-16-,24-21-,28-23-/t35?,36-/m1/s1. The van der Waals surface area contributed by atoms with Gasteiger partial charge in [0.15, 0.2) is 6.10 Å². The number of rotatable bonds is 30. The highest BCUT2D eigenvalue weighted by Crippen LogP contribution is 2.35. The summed E-state index contributed by atoms with van der Waals surface area (Å²) in [7, 11) is -4.80. The van der Waals surface area contributed by atoms with E-state index in [0.717, 1.165) is 50.9 Å². The van der Waals surface area contributed by atoms with Gasteiger partial charge in [-0.05, 0) is 50.9 Å². The lowest BCUT2D eigenvalue weighted by Gasteiger charge is -2.18. The van der Waals surface area contributed by atoms with Gasteiger partial charge < -0.3 is 24.4 Å². The third kappa shape index (κ3) is 34.8. The summed E-state index contributed by atoms with van der Waals surface area (Å²) in [6.45, 7) is 5.63. The monoisotopic (exact) mass is 694 g/mol. The number of carbonyl (C=O) groups excluding carboxylic acids is 2. The number of hydrogen-bond donors (Lipinski definition) is 3. The summed E-state index contributed by atoms with van der Waals surface area (Å²) in [6.07, 6.45) is 35.4. The molecular weight excluding hydrogens is 631 g/mol. The van der Waals surface area contributed by atoms with E-state index in [4.69, 9.17) is 19.3 Å². The molecule has 0 aromatic carbocycles. The smallest absolute Gasteiger partial charge is 0.462 e. The molecule has 0 rings (SSSR count). The summed E-state index contributed by atoms with van der Waals surface area (Å²) >= 11 is 0. The molecule has 1 unspecified atom stereocenters. The van der Waals surface area contributed by atoms with Crippen molar-refractivity contribution in [3.05, 3.63) is 72.9 Å². The molecule has 0 radical (unpaired) electrons. The number of carbonyl (C=O) groups is 2. The minimum Gasteiger partial charge on any atom is -0.462 e. The first-order valence-electron chi connectivity index (χ1n) is 17.7. The molecule has 0 saturated carbocycles. The Bertz CT molecular complexity index is 1040. The molecule has 0 saturated heterocycles. The van der Waals surface area contributed by atoms with Crippen LogP contribution >= 0.6 is 7.82 Å². The Morgan fingerprint density at radius 3 is 1.94 bits per heavy atom. The first-order chi connectivity index (χ1) is 23.0. The van der Waals surface area contributed by atoms with Crippen LogP contribution in [0.1, 0.15) is 124 Å². The second-order valence-electron chi connectivity index (χ2n) is 12.1. The van der Waals surface area contributed by atoms with Crippen molar-refractivity contribution in [3.8, 4) is 0 Å². The van der Waals surface area contributed by atoms with Gasteiger partial charge in [-0.15, -0.1) is 0 Å². The van der Waals surface area contributed by atoms with Crippen molar-refractivity contribution >= 4 is 19.8 Å². The second kappa shape index (κ2) is 31.7. The number of phosphoric acid groups is 1. The molecule has 0 spiro atoms. The molecule has 0 amide bonds. The largest absolute Gasteiger partial charge is 0.469 e. The summed E-state index contributed by atoms with van der Waals surface area (Å²) in [5.41, 5.74) is 0. The predicted molar refractivity (Wildman–Crippen MR) is 194 cm³/mol. The number of phosphoric ester groups is 1. The number of unbranched alkanes of at least 4 members (excludes halogenated alkanes) is 6.